The second kappa shape index (κ2) is 7.65. The largest absolute Gasteiger partial charge is 0.324 e. The van der Waals surface area contributed by atoms with E-state index < -0.39 is 0 Å². The molecule has 0 aliphatic heterocycles. The van der Waals surface area contributed by atoms with Crippen LogP contribution in [0.5, 0.6) is 0 Å². The van der Waals surface area contributed by atoms with E-state index >= 15 is 0 Å². The maximum absolute atomic E-state index is 12.3. The van der Waals surface area contributed by atoms with Gasteiger partial charge in [-0.3, -0.25) is 0 Å². The molecule has 2 amide bonds. The summed E-state index contributed by atoms with van der Waals surface area (Å²) in [5.74, 6) is 0.742. The van der Waals surface area contributed by atoms with Crippen LogP contribution in [0.4, 0.5) is 10.5 Å². The molecule has 2 N–H and O–H groups in total. The van der Waals surface area contributed by atoms with Gasteiger partial charge in [-0.1, -0.05) is 37.3 Å². The lowest BCUT2D eigenvalue weighted by Gasteiger charge is -2.17. The van der Waals surface area contributed by atoms with Crippen LogP contribution in [0.25, 0.3) is 0 Å². The van der Waals surface area contributed by atoms with Crippen LogP contribution in [0, 0.1) is 0 Å². The second-order valence-electron chi connectivity index (χ2n) is 5.05. The third kappa shape index (κ3) is 3.94. The van der Waals surface area contributed by atoms with Crippen molar-refractivity contribution >= 4 is 23.1 Å². The molecule has 1 aromatic carbocycles. The number of nitrogens with one attached hydrogen (secondary N) is 2. The number of carbonyl (C=O) groups is 1. The Morgan fingerprint density at radius 2 is 1.92 bits per heavy atom. The lowest BCUT2D eigenvalue weighted by Crippen LogP contribution is -2.33. The summed E-state index contributed by atoms with van der Waals surface area (Å²) in [6.07, 6.45) is 5.69. The fraction of sp³-hybridized carbons (Fsp3) is 0.176. The van der Waals surface area contributed by atoms with Gasteiger partial charge in [0, 0.05) is 18.0 Å². The van der Waals surface area contributed by atoms with Crippen LogP contribution < -0.4 is 10.6 Å². The van der Waals surface area contributed by atoms with Crippen LogP contribution >= 0.6 is 11.3 Å². The van der Waals surface area contributed by atoms with Crippen molar-refractivity contribution in [3.63, 3.8) is 0 Å². The average molecular weight is 339 g/mol. The van der Waals surface area contributed by atoms with Crippen molar-refractivity contribution in [2.24, 2.45) is 0 Å². The summed E-state index contributed by atoms with van der Waals surface area (Å²) >= 11 is 1.50. The van der Waals surface area contributed by atoms with Gasteiger partial charge in [0.1, 0.15) is 16.9 Å². The van der Waals surface area contributed by atoms with E-state index in [1.807, 2.05) is 42.6 Å². The predicted molar refractivity (Wildman–Crippen MR) is 94.0 cm³/mol. The number of nitrogens with zero attached hydrogens (tertiary/aromatic N) is 3. The highest BCUT2D eigenvalue weighted by Gasteiger charge is 2.19. The molecule has 3 aromatic rings. The van der Waals surface area contributed by atoms with Crippen molar-refractivity contribution in [3.8, 4) is 0 Å². The molecular formula is C17H17N5OS. The molecule has 3 rings (SSSR count). The molecule has 6 nitrogen and oxygen atoms in total. The van der Waals surface area contributed by atoms with E-state index in [-0.39, 0.29) is 12.1 Å². The number of amides is 2. The van der Waals surface area contributed by atoms with E-state index in [1.54, 1.807) is 18.6 Å². The van der Waals surface area contributed by atoms with E-state index in [0.29, 0.717) is 5.69 Å². The Balaban J connectivity index is 1.73. The minimum Gasteiger partial charge on any atom is -0.324 e. The van der Waals surface area contributed by atoms with E-state index in [4.69, 9.17) is 0 Å². The average Bonchev–Trinajstić information content (AvgIpc) is 3.15. The highest BCUT2D eigenvalue weighted by Crippen LogP contribution is 2.23. The number of benzene rings is 1. The van der Waals surface area contributed by atoms with Crippen LogP contribution in [0.15, 0.2) is 54.3 Å². The maximum Gasteiger partial charge on any atom is 0.320 e. The van der Waals surface area contributed by atoms with Crippen LogP contribution in [0.1, 0.15) is 29.4 Å². The van der Waals surface area contributed by atoms with Crippen molar-refractivity contribution < 1.29 is 4.79 Å². The number of aromatic nitrogens is 3. The summed E-state index contributed by atoms with van der Waals surface area (Å²) in [5.41, 5.74) is 1.52. The SMILES string of the molecule is CCc1ncc(NC(=O)N[C@H](c2ccccc2)c2nccs2)cn1. The zero-order valence-electron chi connectivity index (χ0n) is 13.1. The van der Waals surface area contributed by atoms with Gasteiger partial charge in [-0.25, -0.2) is 19.7 Å². The zero-order valence-corrected chi connectivity index (χ0v) is 14.0. The highest BCUT2D eigenvalue weighted by atomic mass is 32.1. The molecule has 1 atom stereocenters. The summed E-state index contributed by atoms with van der Waals surface area (Å²) in [7, 11) is 0. The van der Waals surface area contributed by atoms with Gasteiger partial charge in [0.25, 0.3) is 0 Å². The minimum atomic E-state index is -0.327. The molecule has 24 heavy (non-hydrogen) atoms. The lowest BCUT2D eigenvalue weighted by molar-refractivity contribution is 0.250. The van der Waals surface area contributed by atoms with Gasteiger partial charge in [0.2, 0.25) is 0 Å². The van der Waals surface area contributed by atoms with Crippen molar-refractivity contribution in [1.82, 2.24) is 20.3 Å². The number of urea groups is 1. The zero-order chi connectivity index (χ0) is 16.8. The predicted octanol–water partition coefficient (Wildman–Crippen LogP) is 3.41. The first-order valence-corrected chi connectivity index (χ1v) is 8.47. The first-order chi connectivity index (χ1) is 11.8. The Labute approximate surface area is 144 Å². The molecule has 7 heteroatoms. The van der Waals surface area contributed by atoms with Gasteiger partial charge in [-0.15, -0.1) is 11.3 Å². The molecule has 0 saturated heterocycles. The standard InChI is InChI=1S/C17H17N5OS/c1-2-14-19-10-13(11-20-14)21-17(23)22-15(16-18-8-9-24-16)12-6-4-3-5-7-12/h3-11,15H,2H2,1H3,(H2,21,22,23)/t15-/m1/s1. The fourth-order valence-corrected chi connectivity index (χ4v) is 2.92. The second-order valence-corrected chi connectivity index (χ2v) is 5.98. The molecule has 122 valence electrons. The Morgan fingerprint density at radius 1 is 1.17 bits per heavy atom. The number of rotatable bonds is 5. The van der Waals surface area contributed by atoms with Gasteiger partial charge in [-0.05, 0) is 5.56 Å². The number of aryl methyl sites for hydroxylation is 1. The summed E-state index contributed by atoms with van der Waals surface area (Å²) in [6.45, 7) is 1.98. The summed E-state index contributed by atoms with van der Waals surface area (Å²) in [4.78, 5) is 25.0. The highest BCUT2D eigenvalue weighted by molar-refractivity contribution is 7.09. The number of hydrogen-bond donors (Lipinski definition) is 2. The van der Waals surface area contributed by atoms with Gasteiger partial charge in [0.15, 0.2) is 0 Å². The normalized spacial score (nSPS) is 11.7. The van der Waals surface area contributed by atoms with Crippen LogP contribution in [-0.4, -0.2) is 21.0 Å². The van der Waals surface area contributed by atoms with Crippen molar-refractivity contribution in [1.29, 1.82) is 0 Å². The van der Waals surface area contributed by atoms with Crippen molar-refractivity contribution in [3.05, 3.63) is 70.7 Å². The first kappa shape index (κ1) is 16.1. The summed E-state index contributed by atoms with van der Waals surface area (Å²) in [5, 5.41) is 8.43. The van der Waals surface area contributed by atoms with Gasteiger partial charge >= 0.3 is 6.03 Å². The molecule has 2 heterocycles. The van der Waals surface area contributed by atoms with Crippen LogP contribution in [0.3, 0.4) is 0 Å². The lowest BCUT2D eigenvalue weighted by atomic mass is 10.1. The Kier molecular flexibility index (Phi) is 5.12. The monoisotopic (exact) mass is 339 g/mol. The molecule has 2 aromatic heterocycles. The molecule has 0 bridgehead atoms. The molecule has 0 aliphatic carbocycles. The quantitative estimate of drug-likeness (QED) is 0.746. The molecule has 0 unspecified atom stereocenters. The number of anilines is 1. The third-order valence-electron chi connectivity index (χ3n) is 3.39. The fourth-order valence-electron chi connectivity index (χ4n) is 2.21. The maximum atomic E-state index is 12.3. The van der Waals surface area contributed by atoms with Crippen molar-refractivity contribution in [2.75, 3.05) is 5.32 Å². The van der Waals surface area contributed by atoms with Crippen LogP contribution in [-0.2, 0) is 6.42 Å². The molecule has 0 aliphatic rings. The Hall–Kier alpha value is -2.80. The smallest absolute Gasteiger partial charge is 0.320 e. The summed E-state index contributed by atoms with van der Waals surface area (Å²) in [6, 6.07) is 9.11. The molecular weight excluding hydrogens is 322 g/mol. The first-order valence-electron chi connectivity index (χ1n) is 7.59. The van der Waals surface area contributed by atoms with E-state index in [2.05, 4.69) is 25.6 Å². The van der Waals surface area contributed by atoms with Gasteiger partial charge in [0.05, 0.1) is 18.1 Å². The van der Waals surface area contributed by atoms with Crippen molar-refractivity contribution in [2.45, 2.75) is 19.4 Å². The molecule has 0 fully saturated rings. The van der Waals surface area contributed by atoms with Gasteiger partial charge in [-0.2, -0.15) is 0 Å². The summed E-state index contributed by atoms with van der Waals surface area (Å²) < 4.78 is 0. The minimum absolute atomic E-state index is 0.304. The molecule has 0 radical (unpaired) electrons. The number of hydrogen-bond acceptors (Lipinski definition) is 5. The molecule has 0 spiro atoms. The Bertz CT molecular complexity index is 775. The van der Waals surface area contributed by atoms with E-state index in [9.17, 15) is 4.79 Å². The van der Waals surface area contributed by atoms with E-state index in [1.165, 1.54) is 11.3 Å². The number of carbonyl (C=O) groups excluding carboxylic acids is 1. The Morgan fingerprint density at radius 3 is 2.54 bits per heavy atom. The van der Waals surface area contributed by atoms with Crippen LogP contribution in [0.2, 0.25) is 0 Å². The third-order valence-corrected chi connectivity index (χ3v) is 4.23. The van der Waals surface area contributed by atoms with E-state index in [0.717, 1.165) is 22.8 Å². The topological polar surface area (TPSA) is 79.8 Å². The van der Waals surface area contributed by atoms with Gasteiger partial charge < -0.3 is 10.6 Å². The molecule has 0 saturated carbocycles. The number of thiazole rings is 1.